The molecular weight excluding hydrogens is 413 g/mol. The van der Waals surface area contributed by atoms with Crippen molar-refractivity contribution in [3.05, 3.63) is 18.1 Å². The Morgan fingerprint density at radius 3 is 2.66 bits per heavy atom. The Bertz CT molecular complexity index is 820. The van der Waals surface area contributed by atoms with Gasteiger partial charge in [0.05, 0.1) is 31.7 Å². The molecule has 176 valence electrons. The Morgan fingerprint density at radius 2 is 1.94 bits per heavy atom. The predicted octanol–water partition coefficient (Wildman–Crippen LogP) is 2.19. The van der Waals surface area contributed by atoms with Crippen LogP contribution in [-0.2, 0) is 9.47 Å². The van der Waals surface area contributed by atoms with Crippen LogP contribution in [0.25, 0.3) is 0 Å². The van der Waals surface area contributed by atoms with E-state index in [0.717, 1.165) is 70.3 Å². The summed E-state index contributed by atoms with van der Waals surface area (Å²) in [6.07, 6.45) is 4.68. The number of morpholine rings is 1. The number of hydrogen-bond acceptors (Lipinski definition) is 7. The highest BCUT2D eigenvalue weighted by Crippen LogP contribution is 2.47. The molecule has 0 radical (unpaired) electrons. The highest BCUT2D eigenvalue weighted by Gasteiger charge is 2.51. The molecule has 1 amide bonds. The van der Waals surface area contributed by atoms with Crippen LogP contribution < -0.4 is 9.80 Å². The largest absolute Gasteiger partial charge is 0.450 e. The van der Waals surface area contributed by atoms with E-state index in [9.17, 15) is 9.18 Å². The van der Waals surface area contributed by atoms with E-state index in [1.165, 1.54) is 19.0 Å². The summed E-state index contributed by atoms with van der Waals surface area (Å²) in [7, 11) is 0. The van der Waals surface area contributed by atoms with Crippen molar-refractivity contribution in [3.63, 3.8) is 0 Å². The van der Waals surface area contributed by atoms with Crippen LogP contribution in [0.3, 0.4) is 0 Å². The molecule has 1 aromatic rings. The maximum absolute atomic E-state index is 14.1. The molecule has 3 aliphatic heterocycles. The standard InChI is InChI=1S/C23H34FN5O3/c1-2-32-22(30)29-16-23(17-29)4-3-19(14-23)26-5-7-27(8-6-26)20-13-18(24)15-25-21(20)28-9-11-31-12-10-28/h13,15,19H,2-12,14,16-17H2,1H3/t19-/m1/s1. The second kappa shape index (κ2) is 9.02. The van der Waals surface area contributed by atoms with Gasteiger partial charge in [-0.15, -0.1) is 0 Å². The molecule has 4 fully saturated rings. The monoisotopic (exact) mass is 447 g/mol. The van der Waals surface area contributed by atoms with E-state index >= 15 is 0 Å². The van der Waals surface area contributed by atoms with Crippen LogP contribution >= 0.6 is 0 Å². The third kappa shape index (κ3) is 4.24. The molecule has 4 aliphatic rings. The summed E-state index contributed by atoms with van der Waals surface area (Å²) < 4.78 is 24.7. The van der Waals surface area contributed by atoms with E-state index < -0.39 is 0 Å². The molecule has 0 aromatic carbocycles. The Hall–Kier alpha value is -2.13. The van der Waals surface area contributed by atoms with Crippen molar-refractivity contribution >= 4 is 17.6 Å². The molecule has 3 saturated heterocycles. The minimum absolute atomic E-state index is 0.171. The first kappa shape index (κ1) is 21.7. The number of rotatable bonds is 4. The lowest BCUT2D eigenvalue weighted by molar-refractivity contribution is -0.00294. The molecule has 1 aromatic heterocycles. The molecule has 1 spiro atoms. The number of anilines is 2. The average Bonchev–Trinajstić information content (AvgIpc) is 3.25. The fourth-order valence-electron chi connectivity index (χ4n) is 5.88. The minimum Gasteiger partial charge on any atom is -0.450 e. The number of amides is 1. The lowest BCUT2D eigenvalue weighted by Crippen LogP contribution is -2.58. The Morgan fingerprint density at radius 1 is 1.19 bits per heavy atom. The molecule has 0 bridgehead atoms. The molecule has 5 rings (SSSR count). The van der Waals surface area contributed by atoms with Crippen LogP contribution in [0.2, 0.25) is 0 Å². The maximum atomic E-state index is 14.1. The second-order valence-electron chi connectivity index (χ2n) is 9.57. The van der Waals surface area contributed by atoms with Gasteiger partial charge < -0.3 is 24.2 Å². The number of likely N-dealkylation sites (tertiary alicyclic amines) is 1. The number of hydrogen-bond donors (Lipinski definition) is 0. The minimum atomic E-state index is -0.284. The molecule has 1 atom stereocenters. The van der Waals surface area contributed by atoms with Gasteiger partial charge in [0.2, 0.25) is 0 Å². The van der Waals surface area contributed by atoms with Crippen molar-refractivity contribution in [1.29, 1.82) is 0 Å². The van der Waals surface area contributed by atoms with Gasteiger partial charge in [-0.25, -0.2) is 14.2 Å². The van der Waals surface area contributed by atoms with Gasteiger partial charge in [-0.05, 0) is 26.2 Å². The van der Waals surface area contributed by atoms with Crippen LogP contribution in [-0.4, -0.2) is 99.1 Å². The fraction of sp³-hybridized carbons (Fsp3) is 0.739. The van der Waals surface area contributed by atoms with Crippen molar-refractivity contribution < 1.29 is 18.7 Å². The molecule has 1 saturated carbocycles. The summed E-state index contributed by atoms with van der Waals surface area (Å²) in [5.41, 5.74) is 1.18. The lowest BCUT2D eigenvalue weighted by Gasteiger charge is -2.48. The molecule has 4 heterocycles. The molecule has 0 N–H and O–H groups in total. The summed E-state index contributed by atoms with van der Waals surface area (Å²) in [6, 6.07) is 2.21. The molecular formula is C23H34FN5O3. The zero-order chi connectivity index (χ0) is 22.1. The highest BCUT2D eigenvalue weighted by molar-refractivity contribution is 5.69. The first-order valence-electron chi connectivity index (χ1n) is 12.0. The topological polar surface area (TPSA) is 61.4 Å². The van der Waals surface area contributed by atoms with Gasteiger partial charge in [0, 0.05) is 69.9 Å². The average molecular weight is 448 g/mol. The van der Waals surface area contributed by atoms with Crippen LogP contribution in [0, 0.1) is 11.2 Å². The van der Waals surface area contributed by atoms with E-state index in [4.69, 9.17) is 9.47 Å². The summed E-state index contributed by atoms with van der Waals surface area (Å²) in [5, 5.41) is 0. The number of halogens is 1. The number of carbonyl (C=O) groups is 1. The summed E-state index contributed by atoms with van der Waals surface area (Å²) in [5.74, 6) is 0.588. The first-order chi connectivity index (χ1) is 15.6. The quantitative estimate of drug-likeness (QED) is 0.701. The Kier molecular flexibility index (Phi) is 6.11. The number of carbonyl (C=O) groups excluding carboxylic acids is 1. The fourth-order valence-corrected chi connectivity index (χ4v) is 5.88. The molecule has 32 heavy (non-hydrogen) atoms. The summed E-state index contributed by atoms with van der Waals surface area (Å²) in [4.78, 5) is 25.3. The Labute approximate surface area is 189 Å². The van der Waals surface area contributed by atoms with Gasteiger partial charge in [-0.2, -0.15) is 0 Å². The first-order valence-corrected chi connectivity index (χ1v) is 12.0. The number of piperazine rings is 1. The SMILES string of the molecule is CCOC(=O)N1CC2(CC[C@@H](N3CCN(c4cc(F)cnc4N4CCOCC4)CC3)C2)C1. The zero-order valence-electron chi connectivity index (χ0n) is 19.0. The van der Waals surface area contributed by atoms with Crippen LogP contribution in [0.5, 0.6) is 0 Å². The number of aromatic nitrogens is 1. The van der Waals surface area contributed by atoms with Crippen molar-refractivity contribution in [1.82, 2.24) is 14.8 Å². The van der Waals surface area contributed by atoms with Crippen molar-refractivity contribution in [3.8, 4) is 0 Å². The molecule has 8 nitrogen and oxygen atoms in total. The smallest absolute Gasteiger partial charge is 0.409 e. The molecule has 1 aliphatic carbocycles. The number of ether oxygens (including phenoxy) is 2. The third-order valence-electron chi connectivity index (χ3n) is 7.55. The molecule has 9 heteroatoms. The van der Waals surface area contributed by atoms with Crippen molar-refractivity contribution in [2.24, 2.45) is 5.41 Å². The van der Waals surface area contributed by atoms with E-state index in [1.807, 2.05) is 11.8 Å². The summed E-state index contributed by atoms with van der Waals surface area (Å²) in [6.45, 7) is 10.6. The predicted molar refractivity (Wildman–Crippen MR) is 120 cm³/mol. The molecule has 0 unspecified atom stereocenters. The lowest BCUT2D eigenvalue weighted by atomic mass is 9.78. The Balaban J connectivity index is 1.17. The zero-order valence-corrected chi connectivity index (χ0v) is 19.0. The third-order valence-corrected chi connectivity index (χ3v) is 7.55. The number of nitrogens with zero attached hydrogens (tertiary/aromatic N) is 5. The van der Waals surface area contributed by atoms with Crippen molar-refractivity contribution in [2.45, 2.75) is 32.2 Å². The van der Waals surface area contributed by atoms with Crippen molar-refractivity contribution in [2.75, 3.05) is 82.0 Å². The summed E-state index contributed by atoms with van der Waals surface area (Å²) >= 11 is 0. The van der Waals surface area contributed by atoms with E-state index in [1.54, 1.807) is 6.07 Å². The normalized spacial score (nSPS) is 25.8. The van der Waals surface area contributed by atoms with E-state index in [2.05, 4.69) is 19.7 Å². The highest BCUT2D eigenvalue weighted by atomic mass is 19.1. The van der Waals surface area contributed by atoms with Gasteiger partial charge in [-0.3, -0.25) is 4.90 Å². The maximum Gasteiger partial charge on any atom is 0.409 e. The van der Waals surface area contributed by atoms with Crippen LogP contribution in [0.1, 0.15) is 26.2 Å². The van der Waals surface area contributed by atoms with Crippen LogP contribution in [0.15, 0.2) is 12.3 Å². The van der Waals surface area contributed by atoms with Crippen LogP contribution in [0.4, 0.5) is 20.7 Å². The van der Waals surface area contributed by atoms with Gasteiger partial charge in [-0.1, -0.05) is 0 Å². The van der Waals surface area contributed by atoms with E-state index in [0.29, 0.717) is 25.9 Å². The number of pyridine rings is 1. The van der Waals surface area contributed by atoms with Gasteiger partial charge in [0.1, 0.15) is 5.82 Å². The van der Waals surface area contributed by atoms with E-state index in [-0.39, 0.29) is 17.3 Å². The van der Waals surface area contributed by atoms with Gasteiger partial charge in [0.15, 0.2) is 5.82 Å². The second-order valence-corrected chi connectivity index (χ2v) is 9.57. The van der Waals surface area contributed by atoms with Gasteiger partial charge >= 0.3 is 6.09 Å². The van der Waals surface area contributed by atoms with Gasteiger partial charge in [0.25, 0.3) is 0 Å².